The Morgan fingerprint density at radius 2 is 1.10 bits per heavy atom. The van der Waals surface area contributed by atoms with E-state index in [0.717, 1.165) is 94.3 Å². The van der Waals surface area contributed by atoms with E-state index in [9.17, 15) is 20.4 Å². The van der Waals surface area contributed by atoms with Gasteiger partial charge in [-0.15, -0.1) is 24.8 Å². The van der Waals surface area contributed by atoms with Crippen molar-refractivity contribution in [1.29, 1.82) is 0 Å². The number of aromatic nitrogens is 1. The highest BCUT2D eigenvalue weighted by Gasteiger charge is 2.66. The van der Waals surface area contributed by atoms with Crippen LogP contribution in [-0.4, -0.2) is 112 Å². The third kappa shape index (κ3) is 5.47. The van der Waals surface area contributed by atoms with Gasteiger partial charge in [0.25, 0.3) is 0 Å². The number of phenols is 2. The number of nitrogens with zero attached hydrogens (tertiary/aromatic N) is 2. The van der Waals surface area contributed by atoms with E-state index in [2.05, 4.69) is 65.3 Å². The van der Waals surface area contributed by atoms with Crippen LogP contribution in [0.2, 0.25) is 0 Å². The average Bonchev–Trinajstić information content (AvgIpc) is 3.92. The zero-order chi connectivity index (χ0) is 41.1. The number of aromatic hydroxyl groups is 2. The predicted molar refractivity (Wildman–Crippen MR) is 244 cm³/mol. The van der Waals surface area contributed by atoms with Crippen molar-refractivity contribution < 1.29 is 39.4 Å². The fourth-order valence-corrected chi connectivity index (χ4v) is 13.8. The molecule has 0 radical (unpaired) electrons. The molecule has 4 aromatic carbocycles. The first-order valence-electron chi connectivity index (χ1n) is 22.2. The molecular weight excluding hydrogens is 841 g/mol. The number of aromatic amines is 1. The highest BCUT2D eigenvalue weighted by molar-refractivity contribution is 6.07. The molecule has 0 amide bonds. The largest absolute Gasteiger partial charge is 0.504 e. The number of aliphatic hydroxyl groups excluding tert-OH is 2. The van der Waals surface area contributed by atoms with Crippen LogP contribution in [0.15, 0.2) is 72.8 Å². The van der Waals surface area contributed by atoms with Crippen LogP contribution < -0.4 is 18.9 Å². The lowest BCUT2D eigenvalue weighted by atomic mass is 9.53. The van der Waals surface area contributed by atoms with Crippen molar-refractivity contribution in [3.63, 3.8) is 0 Å². The molecule has 8 aliphatic rings. The molecule has 0 unspecified atom stereocenters. The Kier molecular flexibility index (Phi) is 9.42. The Morgan fingerprint density at radius 1 is 0.651 bits per heavy atom. The number of piperidine rings is 2. The summed E-state index contributed by atoms with van der Waals surface area (Å²) >= 11 is 0. The number of likely N-dealkylation sites (N-methyl/N-ethyl adjacent to an activating group) is 2. The normalized spacial score (nSPS) is 32.3. The zero-order valence-corrected chi connectivity index (χ0v) is 36.9. The molecule has 10 atom stereocenters. The van der Waals surface area contributed by atoms with E-state index in [-0.39, 0.29) is 71.2 Å². The summed E-state index contributed by atoms with van der Waals surface area (Å²) in [7, 11) is 4.40. The van der Waals surface area contributed by atoms with Gasteiger partial charge in [0.2, 0.25) is 0 Å². The molecule has 5 N–H and O–H groups in total. The van der Waals surface area contributed by atoms with E-state index in [1.54, 1.807) is 0 Å². The smallest absolute Gasteiger partial charge is 0.165 e. The minimum atomic E-state index is -0.699. The van der Waals surface area contributed by atoms with Crippen LogP contribution in [0.4, 0.5) is 0 Å². The van der Waals surface area contributed by atoms with Crippen LogP contribution in [0, 0.1) is 11.8 Å². The van der Waals surface area contributed by atoms with Crippen molar-refractivity contribution in [3.8, 4) is 34.5 Å². The van der Waals surface area contributed by atoms with Crippen LogP contribution >= 0.6 is 24.8 Å². The van der Waals surface area contributed by atoms with E-state index in [4.69, 9.17) is 18.9 Å². The summed E-state index contributed by atoms with van der Waals surface area (Å²) in [6.45, 7) is 2.77. The maximum absolute atomic E-state index is 11.3. The number of likely N-dealkylation sites (tertiary alicyclic amines) is 2. The molecule has 2 fully saturated rings. The van der Waals surface area contributed by atoms with Crippen molar-refractivity contribution in [2.75, 3.05) is 40.4 Å². The van der Waals surface area contributed by atoms with Gasteiger partial charge in [-0.2, -0.15) is 0 Å². The number of fused-ring (bicyclic) bond motifs is 3. The predicted octanol–water partition coefficient (Wildman–Crippen LogP) is 6.43. The molecule has 0 saturated carbocycles. The van der Waals surface area contributed by atoms with Crippen molar-refractivity contribution in [2.24, 2.45) is 11.8 Å². The van der Waals surface area contributed by atoms with Crippen molar-refractivity contribution in [2.45, 2.75) is 85.9 Å². The van der Waals surface area contributed by atoms with E-state index >= 15 is 0 Å². The number of H-pyrrole nitrogens is 1. The van der Waals surface area contributed by atoms with Crippen LogP contribution in [0.3, 0.4) is 0 Å². The van der Waals surface area contributed by atoms with Gasteiger partial charge >= 0.3 is 0 Å². The highest BCUT2D eigenvalue weighted by atomic mass is 35.5. The summed E-state index contributed by atoms with van der Waals surface area (Å²) in [5.41, 5.74) is 8.21. The lowest BCUT2D eigenvalue weighted by molar-refractivity contribution is -0.0454. The number of halogens is 2. The van der Waals surface area contributed by atoms with E-state index in [0.29, 0.717) is 49.6 Å². The molecule has 4 bridgehead atoms. The zero-order valence-electron chi connectivity index (χ0n) is 35.3. The summed E-state index contributed by atoms with van der Waals surface area (Å²) in [5, 5.41) is 46.9. The summed E-state index contributed by atoms with van der Waals surface area (Å²) in [4.78, 5) is 8.49. The first-order chi connectivity index (χ1) is 29.6. The molecular formula is C50H53Cl2N3O8. The van der Waals surface area contributed by atoms with Gasteiger partial charge in [0, 0.05) is 81.6 Å². The van der Waals surface area contributed by atoms with Gasteiger partial charge in [-0.1, -0.05) is 24.3 Å². The number of rotatable bonds is 8. The van der Waals surface area contributed by atoms with Crippen molar-refractivity contribution in [3.05, 3.63) is 106 Å². The lowest BCUT2D eigenvalue weighted by Crippen LogP contribution is -2.64. The Hall–Kier alpha value is -4.62. The van der Waals surface area contributed by atoms with Gasteiger partial charge in [0.15, 0.2) is 23.0 Å². The Morgan fingerprint density at radius 3 is 1.54 bits per heavy atom. The Labute approximate surface area is 378 Å². The van der Waals surface area contributed by atoms with E-state index < -0.39 is 12.2 Å². The van der Waals surface area contributed by atoms with Crippen LogP contribution in [-0.2, 0) is 36.5 Å². The summed E-state index contributed by atoms with van der Waals surface area (Å²) in [6.07, 6.45) is 10.8. The molecule has 5 aromatic rings. The van der Waals surface area contributed by atoms with Gasteiger partial charge in [0.1, 0.15) is 35.9 Å². The second-order valence-corrected chi connectivity index (χ2v) is 19.2. The highest BCUT2D eigenvalue weighted by Crippen LogP contribution is 2.64. The number of phenolic OH excluding ortho intramolecular Hbond substituents is 2. The monoisotopic (exact) mass is 893 g/mol. The minimum absolute atomic E-state index is 0. The quantitative estimate of drug-likeness (QED) is 0.111. The summed E-state index contributed by atoms with van der Waals surface area (Å²) in [6, 6.07) is 16.7. The molecule has 1 aromatic heterocycles. The van der Waals surface area contributed by atoms with Crippen molar-refractivity contribution >= 4 is 46.6 Å². The van der Waals surface area contributed by atoms with Crippen LogP contribution in [0.1, 0.15) is 46.2 Å². The van der Waals surface area contributed by atoms with Gasteiger partial charge in [-0.05, 0) is 112 Å². The average molecular weight is 895 g/mol. The summed E-state index contributed by atoms with van der Waals surface area (Å²) in [5.74, 6) is 3.45. The second kappa shape index (κ2) is 14.4. The Balaban J connectivity index is 0.00000222. The fraction of sp³-hybridized carbons (Fsp3) is 0.440. The van der Waals surface area contributed by atoms with Gasteiger partial charge < -0.3 is 54.2 Å². The van der Waals surface area contributed by atoms with Crippen molar-refractivity contribution in [1.82, 2.24) is 14.8 Å². The minimum Gasteiger partial charge on any atom is -0.504 e. The third-order valence-electron chi connectivity index (χ3n) is 16.6. The number of hydrogen-bond acceptors (Lipinski definition) is 10. The first-order valence-corrected chi connectivity index (χ1v) is 22.2. The molecule has 63 heavy (non-hydrogen) atoms. The number of hydrogen-bond donors (Lipinski definition) is 5. The molecule has 2 saturated heterocycles. The molecule has 330 valence electrons. The number of aliphatic hydroxyl groups is 2. The molecule has 13 rings (SSSR count). The Bertz CT molecular complexity index is 2590. The molecule has 4 aliphatic heterocycles. The number of nitrogens with one attached hydrogen (secondary N) is 1. The second-order valence-electron chi connectivity index (χ2n) is 19.2. The topological polar surface area (TPSA) is 140 Å². The maximum Gasteiger partial charge on any atom is 0.165 e. The maximum atomic E-state index is 11.3. The lowest BCUT2D eigenvalue weighted by Gasteiger charge is -2.56. The van der Waals surface area contributed by atoms with Gasteiger partial charge in [-0.25, -0.2) is 0 Å². The fourth-order valence-electron chi connectivity index (χ4n) is 13.8. The first kappa shape index (κ1) is 41.1. The molecule has 5 heterocycles. The standard InChI is InChI=1S/C50H51N3O8.2ClH/c1-52-15-13-49-33-7-9-39(54)47(49)60-45-41(56)19-25(31(43(45)49)23-37(33)52)11-17-58-27-3-5-29-30-6-4-28(22-36(30)51-35(29)21-27)59-18-12-26-20-42(57)46-44-32(26)24-38-34-8-10-40(55)48(61-46)50(34,44)14-16-53(38)2;;/h3-10,19-22,33-34,37-40,47-48,51,54-57H,11-18,23-24H2,1-2H3;2*1H/t33-,34-,37+,38+,39-,40-,47-,48-,49-,50-;;/m0../s1. The molecule has 4 aliphatic carbocycles. The SMILES string of the molecule is CN1CC[C@]23c4c5c(CCOc6ccc7c(c6)[nH]c6cc(OCCc8cc(O)c9c%10c8C[C@@H]8[C@@H]%11C=C[C@H](O)[C@H](O9)[C@]%10%11CCN8C)ccc67)cc(O)c4O[C@H]2[C@@H](O)C=C[C@H]3[C@H]1C5.Cl.Cl. The van der Waals surface area contributed by atoms with E-state index in [1.165, 1.54) is 11.1 Å². The van der Waals surface area contributed by atoms with E-state index in [1.807, 2.05) is 36.4 Å². The van der Waals surface area contributed by atoms with Gasteiger partial charge in [0.05, 0.1) is 24.2 Å². The number of benzene rings is 4. The molecule has 13 heteroatoms. The van der Waals surface area contributed by atoms with Gasteiger partial charge in [-0.3, -0.25) is 0 Å². The number of ether oxygens (including phenoxy) is 4. The molecule has 2 spiro atoms. The summed E-state index contributed by atoms with van der Waals surface area (Å²) < 4.78 is 25.6. The van der Waals surface area contributed by atoms with Crippen LogP contribution in [0.5, 0.6) is 34.5 Å². The van der Waals surface area contributed by atoms with Crippen LogP contribution in [0.25, 0.3) is 21.8 Å². The third-order valence-corrected chi connectivity index (χ3v) is 16.6. The molecule has 11 nitrogen and oxygen atoms in total.